The second kappa shape index (κ2) is 7.38. The second-order valence-electron chi connectivity index (χ2n) is 5.30. The van der Waals surface area contributed by atoms with Crippen LogP contribution in [0.25, 0.3) is 0 Å². The van der Waals surface area contributed by atoms with Gasteiger partial charge in [0.25, 0.3) is 5.91 Å². The minimum atomic E-state index is -0.325. The Hall–Kier alpha value is -1.91. The molecule has 1 amide bonds. The van der Waals surface area contributed by atoms with Gasteiger partial charge in [0.15, 0.2) is 6.54 Å². The van der Waals surface area contributed by atoms with Gasteiger partial charge in [0.1, 0.15) is 11.9 Å². The van der Waals surface area contributed by atoms with Gasteiger partial charge in [0, 0.05) is 16.3 Å². The summed E-state index contributed by atoms with van der Waals surface area (Å²) < 4.78 is 13.4. The van der Waals surface area contributed by atoms with Crippen LogP contribution < -0.4 is 10.6 Å². The largest absolute Gasteiger partial charge is 0.333 e. The standard InChI is InChI=1S/C17H18ClFN2O/c1-11-6-7-15(9-16(11)19)21-17(22)10-20-12(2)13-4-3-5-14(18)8-13/h3-9,12,20H,10H2,1-2H3,(H,21,22)/p+1/t12-/m0/s1. The van der Waals surface area contributed by atoms with Crippen LogP contribution in [0.3, 0.4) is 0 Å². The number of benzene rings is 2. The van der Waals surface area contributed by atoms with Crippen molar-refractivity contribution in [3.8, 4) is 0 Å². The highest BCUT2D eigenvalue weighted by Crippen LogP contribution is 2.15. The van der Waals surface area contributed by atoms with Crippen LogP contribution >= 0.6 is 11.6 Å². The maximum absolute atomic E-state index is 13.4. The van der Waals surface area contributed by atoms with Crippen molar-refractivity contribution in [2.75, 3.05) is 11.9 Å². The molecular formula is C17H19ClFN2O+. The van der Waals surface area contributed by atoms with Crippen LogP contribution in [0.4, 0.5) is 10.1 Å². The fraction of sp³-hybridized carbons (Fsp3) is 0.235. The van der Waals surface area contributed by atoms with Gasteiger partial charge >= 0.3 is 0 Å². The Morgan fingerprint density at radius 2 is 2.09 bits per heavy atom. The zero-order chi connectivity index (χ0) is 16.1. The molecule has 2 aromatic carbocycles. The van der Waals surface area contributed by atoms with E-state index in [0.29, 0.717) is 16.3 Å². The summed E-state index contributed by atoms with van der Waals surface area (Å²) in [6, 6.07) is 12.3. The average molecular weight is 322 g/mol. The summed E-state index contributed by atoms with van der Waals surface area (Å²) in [6.07, 6.45) is 0. The number of hydrogen-bond acceptors (Lipinski definition) is 1. The molecule has 0 aliphatic carbocycles. The molecule has 3 nitrogen and oxygen atoms in total. The zero-order valence-electron chi connectivity index (χ0n) is 12.6. The molecule has 0 heterocycles. The van der Waals surface area contributed by atoms with Crippen molar-refractivity contribution >= 4 is 23.2 Å². The van der Waals surface area contributed by atoms with Crippen LogP contribution in [0, 0.1) is 12.7 Å². The Morgan fingerprint density at radius 3 is 2.77 bits per heavy atom. The van der Waals surface area contributed by atoms with Gasteiger partial charge in [-0.3, -0.25) is 4.79 Å². The van der Waals surface area contributed by atoms with Crippen LogP contribution in [0.15, 0.2) is 42.5 Å². The molecule has 5 heteroatoms. The molecule has 0 aromatic heterocycles. The average Bonchev–Trinajstić information content (AvgIpc) is 2.48. The molecule has 0 radical (unpaired) electrons. The molecule has 0 saturated heterocycles. The van der Waals surface area contributed by atoms with E-state index in [4.69, 9.17) is 11.6 Å². The lowest BCUT2D eigenvalue weighted by Crippen LogP contribution is -2.86. The fourth-order valence-electron chi connectivity index (χ4n) is 2.09. The van der Waals surface area contributed by atoms with Gasteiger partial charge in [-0.05, 0) is 43.7 Å². The van der Waals surface area contributed by atoms with Crippen LogP contribution in [-0.4, -0.2) is 12.5 Å². The van der Waals surface area contributed by atoms with Crippen molar-refractivity contribution in [2.24, 2.45) is 0 Å². The number of rotatable bonds is 5. The fourth-order valence-corrected chi connectivity index (χ4v) is 2.29. The maximum atomic E-state index is 13.4. The number of carbonyl (C=O) groups is 1. The highest BCUT2D eigenvalue weighted by molar-refractivity contribution is 6.30. The lowest BCUT2D eigenvalue weighted by Gasteiger charge is -2.11. The number of aryl methyl sites for hydroxylation is 1. The first-order chi connectivity index (χ1) is 10.5. The molecule has 0 unspecified atom stereocenters. The molecule has 0 saturated carbocycles. The molecule has 1 atom stereocenters. The SMILES string of the molecule is Cc1ccc(NC(=O)C[NH2+][C@@H](C)c2cccc(Cl)c2)cc1F. The quantitative estimate of drug-likeness (QED) is 0.873. The topological polar surface area (TPSA) is 45.7 Å². The van der Waals surface area contributed by atoms with Crippen LogP contribution in [0.2, 0.25) is 5.02 Å². The number of nitrogens with two attached hydrogens (primary N) is 1. The van der Waals surface area contributed by atoms with E-state index in [1.807, 2.05) is 36.5 Å². The van der Waals surface area contributed by atoms with Gasteiger partial charge in [0.05, 0.1) is 0 Å². The molecule has 0 aliphatic rings. The summed E-state index contributed by atoms with van der Waals surface area (Å²) >= 11 is 5.96. The summed E-state index contributed by atoms with van der Waals surface area (Å²) in [4.78, 5) is 11.9. The van der Waals surface area contributed by atoms with Crippen molar-refractivity contribution < 1.29 is 14.5 Å². The monoisotopic (exact) mass is 321 g/mol. The molecule has 0 spiro atoms. The normalized spacial score (nSPS) is 12.0. The number of halogens is 2. The summed E-state index contributed by atoms with van der Waals surface area (Å²) in [5.41, 5.74) is 2.08. The van der Waals surface area contributed by atoms with E-state index in [1.165, 1.54) is 6.07 Å². The summed E-state index contributed by atoms with van der Waals surface area (Å²) in [7, 11) is 0. The summed E-state index contributed by atoms with van der Waals surface area (Å²) in [5.74, 6) is -0.494. The van der Waals surface area contributed by atoms with Gasteiger partial charge in [0.2, 0.25) is 0 Å². The predicted molar refractivity (Wildman–Crippen MR) is 86.4 cm³/mol. The van der Waals surface area contributed by atoms with E-state index in [-0.39, 0.29) is 24.3 Å². The summed E-state index contributed by atoms with van der Waals surface area (Å²) in [5, 5.41) is 5.28. The van der Waals surface area contributed by atoms with Crippen LogP contribution in [0.1, 0.15) is 24.1 Å². The van der Waals surface area contributed by atoms with Crippen molar-refractivity contribution in [1.82, 2.24) is 0 Å². The molecule has 22 heavy (non-hydrogen) atoms. The molecule has 0 fully saturated rings. The number of anilines is 1. The lowest BCUT2D eigenvalue weighted by atomic mass is 10.1. The second-order valence-corrected chi connectivity index (χ2v) is 5.73. The third-order valence-electron chi connectivity index (χ3n) is 3.49. The molecule has 116 valence electrons. The Morgan fingerprint density at radius 1 is 1.32 bits per heavy atom. The van der Waals surface area contributed by atoms with Gasteiger partial charge in [-0.2, -0.15) is 0 Å². The van der Waals surface area contributed by atoms with E-state index >= 15 is 0 Å². The van der Waals surface area contributed by atoms with Crippen molar-refractivity contribution in [3.63, 3.8) is 0 Å². The minimum absolute atomic E-state index is 0.110. The van der Waals surface area contributed by atoms with Gasteiger partial charge < -0.3 is 10.6 Å². The van der Waals surface area contributed by atoms with E-state index in [2.05, 4.69) is 5.32 Å². The molecule has 0 bridgehead atoms. The van der Waals surface area contributed by atoms with E-state index in [1.54, 1.807) is 19.1 Å². The third kappa shape index (κ3) is 4.55. The maximum Gasteiger partial charge on any atom is 0.279 e. The Balaban J connectivity index is 1.88. The number of nitrogens with one attached hydrogen (secondary N) is 1. The third-order valence-corrected chi connectivity index (χ3v) is 3.72. The van der Waals surface area contributed by atoms with Gasteiger partial charge in [-0.15, -0.1) is 0 Å². The Labute approximate surface area is 134 Å². The summed E-state index contributed by atoms with van der Waals surface area (Å²) in [6.45, 7) is 3.94. The number of amides is 1. The first-order valence-corrected chi connectivity index (χ1v) is 7.48. The van der Waals surface area contributed by atoms with Crippen molar-refractivity contribution in [3.05, 3.63) is 64.4 Å². The molecule has 2 aromatic rings. The predicted octanol–water partition coefficient (Wildman–Crippen LogP) is 3.05. The highest BCUT2D eigenvalue weighted by Gasteiger charge is 2.12. The van der Waals surface area contributed by atoms with E-state index in [0.717, 1.165) is 5.56 Å². The first kappa shape index (κ1) is 16.5. The van der Waals surface area contributed by atoms with Crippen LogP contribution in [0.5, 0.6) is 0 Å². The molecule has 2 rings (SSSR count). The molecule has 0 aliphatic heterocycles. The van der Waals surface area contributed by atoms with E-state index in [9.17, 15) is 9.18 Å². The zero-order valence-corrected chi connectivity index (χ0v) is 13.3. The number of carbonyl (C=O) groups excluding carboxylic acids is 1. The molecule has 3 N–H and O–H groups in total. The van der Waals surface area contributed by atoms with Crippen LogP contribution in [-0.2, 0) is 4.79 Å². The first-order valence-electron chi connectivity index (χ1n) is 7.10. The highest BCUT2D eigenvalue weighted by atomic mass is 35.5. The Kier molecular flexibility index (Phi) is 5.52. The smallest absolute Gasteiger partial charge is 0.279 e. The number of hydrogen-bond donors (Lipinski definition) is 2. The molecular weight excluding hydrogens is 303 g/mol. The Bertz CT molecular complexity index is 675. The number of quaternary nitrogens is 1. The van der Waals surface area contributed by atoms with Gasteiger partial charge in [-0.1, -0.05) is 29.8 Å². The van der Waals surface area contributed by atoms with Crippen molar-refractivity contribution in [1.29, 1.82) is 0 Å². The van der Waals surface area contributed by atoms with E-state index < -0.39 is 0 Å². The van der Waals surface area contributed by atoms with Crippen molar-refractivity contribution in [2.45, 2.75) is 19.9 Å². The minimum Gasteiger partial charge on any atom is -0.333 e. The lowest BCUT2D eigenvalue weighted by molar-refractivity contribution is -0.682. The van der Waals surface area contributed by atoms with Gasteiger partial charge in [-0.25, -0.2) is 4.39 Å².